The average molecular weight is 287 g/mol. The number of fused-ring (bicyclic) bond motifs is 1. The number of hydrogen-bond acceptors (Lipinski definition) is 4. The lowest BCUT2D eigenvalue weighted by Crippen LogP contribution is -2.22. The molecule has 0 aliphatic carbocycles. The molecule has 20 heavy (non-hydrogen) atoms. The highest BCUT2D eigenvalue weighted by Crippen LogP contribution is 2.31. The molecule has 0 unspecified atom stereocenters. The van der Waals surface area contributed by atoms with Gasteiger partial charge in [0.25, 0.3) is 0 Å². The van der Waals surface area contributed by atoms with Gasteiger partial charge in [-0.3, -0.25) is 0 Å². The molecule has 3 rings (SSSR count). The van der Waals surface area contributed by atoms with Gasteiger partial charge in [0.1, 0.15) is 18.0 Å². The minimum absolute atomic E-state index is 0.107. The zero-order valence-corrected chi connectivity index (χ0v) is 12.1. The van der Waals surface area contributed by atoms with Gasteiger partial charge in [-0.05, 0) is 36.1 Å². The summed E-state index contributed by atoms with van der Waals surface area (Å²) in [6.45, 7) is 2.08. The van der Waals surface area contributed by atoms with Gasteiger partial charge < -0.3 is 4.90 Å². The van der Waals surface area contributed by atoms with Crippen LogP contribution in [0, 0.1) is 5.82 Å². The maximum Gasteiger partial charge on any atom is 0.150 e. The first-order valence-electron chi connectivity index (χ1n) is 6.33. The summed E-state index contributed by atoms with van der Waals surface area (Å²) in [5.74, 6) is 0.688. The molecule has 0 bridgehead atoms. The van der Waals surface area contributed by atoms with Crippen molar-refractivity contribution in [3.63, 3.8) is 0 Å². The average Bonchev–Trinajstić information content (AvgIpc) is 2.95. The Bertz CT molecular complexity index is 723. The molecule has 3 nitrogen and oxygen atoms in total. The van der Waals surface area contributed by atoms with E-state index < -0.39 is 0 Å². The zero-order valence-electron chi connectivity index (χ0n) is 11.2. The molecule has 2 heterocycles. The third-order valence-electron chi connectivity index (χ3n) is 3.49. The van der Waals surface area contributed by atoms with Gasteiger partial charge in [-0.25, -0.2) is 14.4 Å². The van der Waals surface area contributed by atoms with Gasteiger partial charge in [0.2, 0.25) is 0 Å². The summed E-state index contributed by atoms with van der Waals surface area (Å²) in [5.41, 5.74) is 2.01. The summed E-state index contributed by atoms with van der Waals surface area (Å²) in [6.07, 6.45) is 1.58. The number of thiophene rings is 1. The predicted octanol–water partition coefficient (Wildman–Crippen LogP) is 4.03. The van der Waals surface area contributed by atoms with E-state index in [1.165, 1.54) is 12.1 Å². The van der Waals surface area contributed by atoms with Crippen LogP contribution in [-0.2, 0) is 0 Å². The van der Waals surface area contributed by atoms with E-state index in [9.17, 15) is 4.39 Å². The van der Waals surface area contributed by atoms with E-state index in [1.807, 2.05) is 30.6 Å². The van der Waals surface area contributed by atoms with E-state index in [0.29, 0.717) is 0 Å². The zero-order chi connectivity index (χ0) is 14.1. The van der Waals surface area contributed by atoms with Crippen LogP contribution in [0.4, 0.5) is 10.2 Å². The first-order chi connectivity index (χ1) is 9.66. The van der Waals surface area contributed by atoms with Crippen LogP contribution in [0.15, 0.2) is 42.0 Å². The van der Waals surface area contributed by atoms with E-state index in [2.05, 4.69) is 21.8 Å². The number of nitrogens with zero attached hydrogens (tertiary/aromatic N) is 3. The molecule has 0 aliphatic rings. The van der Waals surface area contributed by atoms with Crippen molar-refractivity contribution in [2.24, 2.45) is 0 Å². The summed E-state index contributed by atoms with van der Waals surface area (Å²) < 4.78 is 14.1. The van der Waals surface area contributed by atoms with Crippen molar-refractivity contribution in [2.75, 3.05) is 11.9 Å². The number of anilines is 1. The molecule has 1 atom stereocenters. The SMILES string of the molecule is C[C@H](c1ccc(F)cc1)N(C)c1ncnc2ccsc12. The van der Waals surface area contributed by atoms with Gasteiger partial charge in [0.15, 0.2) is 0 Å². The first kappa shape index (κ1) is 13.0. The van der Waals surface area contributed by atoms with E-state index >= 15 is 0 Å². The fourth-order valence-electron chi connectivity index (χ4n) is 2.18. The third-order valence-corrected chi connectivity index (χ3v) is 4.39. The summed E-state index contributed by atoms with van der Waals surface area (Å²) in [7, 11) is 2.00. The summed E-state index contributed by atoms with van der Waals surface area (Å²) in [5, 5.41) is 2.01. The Morgan fingerprint density at radius 1 is 1.15 bits per heavy atom. The number of rotatable bonds is 3. The predicted molar refractivity (Wildman–Crippen MR) is 80.6 cm³/mol. The Labute approximate surface area is 120 Å². The minimum atomic E-state index is -0.216. The first-order valence-corrected chi connectivity index (χ1v) is 7.21. The molecule has 0 fully saturated rings. The molecule has 2 aromatic heterocycles. The van der Waals surface area contributed by atoms with Crippen LogP contribution in [0.1, 0.15) is 18.5 Å². The smallest absolute Gasteiger partial charge is 0.150 e. The number of halogens is 1. The number of hydrogen-bond donors (Lipinski definition) is 0. The molecule has 0 radical (unpaired) electrons. The lowest BCUT2D eigenvalue weighted by Gasteiger charge is -2.26. The second kappa shape index (κ2) is 5.17. The molecule has 0 N–H and O–H groups in total. The molecular weight excluding hydrogens is 273 g/mol. The molecule has 0 saturated carbocycles. The maximum atomic E-state index is 13.0. The van der Waals surface area contributed by atoms with Crippen LogP contribution < -0.4 is 4.90 Å². The lowest BCUT2D eigenvalue weighted by atomic mass is 10.1. The van der Waals surface area contributed by atoms with Crippen LogP contribution in [0.3, 0.4) is 0 Å². The van der Waals surface area contributed by atoms with Gasteiger partial charge in [0.05, 0.1) is 16.3 Å². The van der Waals surface area contributed by atoms with Gasteiger partial charge >= 0.3 is 0 Å². The Morgan fingerprint density at radius 3 is 2.65 bits per heavy atom. The Morgan fingerprint density at radius 2 is 1.90 bits per heavy atom. The van der Waals surface area contributed by atoms with Crippen molar-refractivity contribution >= 4 is 27.4 Å². The maximum absolute atomic E-state index is 13.0. The normalized spacial score (nSPS) is 12.6. The Kier molecular flexibility index (Phi) is 3.36. The quantitative estimate of drug-likeness (QED) is 0.728. The van der Waals surface area contributed by atoms with Gasteiger partial charge in [-0.15, -0.1) is 11.3 Å². The van der Waals surface area contributed by atoms with Crippen LogP contribution in [0.5, 0.6) is 0 Å². The number of benzene rings is 1. The van der Waals surface area contributed by atoms with Crippen LogP contribution in [0.2, 0.25) is 0 Å². The van der Waals surface area contributed by atoms with E-state index in [0.717, 1.165) is 21.6 Å². The highest BCUT2D eigenvalue weighted by molar-refractivity contribution is 7.17. The lowest BCUT2D eigenvalue weighted by molar-refractivity contribution is 0.625. The van der Waals surface area contributed by atoms with Gasteiger partial charge in [0, 0.05) is 7.05 Å². The third kappa shape index (κ3) is 2.25. The van der Waals surface area contributed by atoms with E-state index in [1.54, 1.807) is 17.7 Å². The molecule has 102 valence electrons. The highest BCUT2D eigenvalue weighted by atomic mass is 32.1. The monoisotopic (exact) mass is 287 g/mol. The van der Waals surface area contributed by atoms with Crippen molar-refractivity contribution in [1.29, 1.82) is 0 Å². The summed E-state index contributed by atoms with van der Waals surface area (Å²) in [4.78, 5) is 10.7. The molecule has 0 aliphatic heterocycles. The Hall–Kier alpha value is -2.01. The second-order valence-corrected chi connectivity index (χ2v) is 5.59. The topological polar surface area (TPSA) is 29.0 Å². The van der Waals surface area contributed by atoms with Crippen molar-refractivity contribution in [1.82, 2.24) is 9.97 Å². The van der Waals surface area contributed by atoms with Gasteiger partial charge in [-0.1, -0.05) is 12.1 Å². The van der Waals surface area contributed by atoms with Crippen LogP contribution >= 0.6 is 11.3 Å². The summed E-state index contributed by atoms with van der Waals surface area (Å²) in [6, 6.07) is 8.69. The standard InChI is InChI=1S/C15H14FN3S/c1-10(11-3-5-12(16)6-4-11)19(2)15-14-13(7-8-20-14)17-9-18-15/h3-10H,1-2H3/t10-/m1/s1. The van der Waals surface area contributed by atoms with Crippen molar-refractivity contribution in [3.05, 3.63) is 53.4 Å². The molecule has 0 amide bonds. The van der Waals surface area contributed by atoms with Gasteiger partial charge in [-0.2, -0.15) is 0 Å². The van der Waals surface area contributed by atoms with Crippen molar-refractivity contribution in [3.8, 4) is 0 Å². The van der Waals surface area contributed by atoms with E-state index in [4.69, 9.17) is 0 Å². The van der Waals surface area contributed by atoms with Crippen LogP contribution in [0.25, 0.3) is 10.2 Å². The fourth-order valence-corrected chi connectivity index (χ4v) is 3.05. The summed E-state index contributed by atoms with van der Waals surface area (Å²) >= 11 is 1.63. The Balaban J connectivity index is 1.97. The second-order valence-electron chi connectivity index (χ2n) is 4.67. The number of aromatic nitrogens is 2. The molecular formula is C15H14FN3S. The van der Waals surface area contributed by atoms with Crippen molar-refractivity contribution in [2.45, 2.75) is 13.0 Å². The fraction of sp³-hybridized carbons (Fsp3) is 0.200. The molecule has 5 heteroatoms. The highest BCUT2D eigenvalue weighted by Gasteiger charge is 2.16. The molecule has 1 aromatic carbocycles. The molecule has 0 saturated heterocycles. The largest absolute Gasteiger partial charge is 0.352 e. The molecule has 3 aromatic rings. The van der Waals surface area contributed by atoms with E-state index in [-0.39, 0.29) is 11.9 Å². The minimum Gasteiger partial charge on any atom is -0.352 e. The van der Waals surface area contributed by atoms with Crippen LogP contribution in [-0.4, -0.2) is 17.0 Å². The van der Waals surface area contributed by atoms with Crippen molar-refractivity contribution < 1.29 is 4.39 Å². The molecule has 0 spiro atoms.